The lowest BCUT2D eigenvalue weighted by molar-refractivity contribution is 0.560. The Kier molecular flexibility index (Phi) is 3.53. The van der Waals surface area contributed by atoms with E-state index in [1.54, 1.807) is 6.07 Å². The van der Waals surface area contributed by atoms with Gasteiger partial charge in [0.2, 0.25) is 0 Å². The molecule has 2 aromatic heterocycles. The summed E-state index contributed by atoms with van der Waals surface area (Å²) in [6.45, 7) is 0. The first-order chi connectivity index (χ1) is 10.9. The third-order valence-corrected chi connectivity index (χ3v) is 4.63. The van der Waals surface area contributed by atoms with Crippen molar-refractivity contribution < 1.29 is 12.8 Å². The zero-order valence-corrected chi connectivity index (χ0v) is 12.8. The van der Waals surface area contributed by atoms with E-state index in [1.165, 1.54) is 54.2 Å². The molecule has 0 aliphatic rings. The molecule has 0 saturated carbocycles. The summed E-state index contributed by atoms with van der Waals surface area (Å²) in [5.74, 6) is 0. The number of rotatable bonds is 3. The van der Waals surface area contributed by atoms with Crippen molar-refractivity contribution in [2.24, 2.45) is 7.05 Å². The maximum atomic E-state index is 12.4. The molecule has 0 fully saturated rings. The zero-order valence-electron chi connectivity index (χ0n) is 12.0. The summed E-state index contributed by atoms with van der Waals surface area (Å²) in [6, 6.07) is 9.71. The maximum absolute atomic E-state index is 12.4. The molecule has 0 aliphatic heterocycles. The summed E-state index contributed by atoms with van der Waals surface area (Å²) in [5, 5.41) is 0.466. The molecule has 1 N–H and O–H groups in total. The van der Waals surface area contributed by atoms with Crippen molar-refractivity contribution in [1.29, 1.82) is 0 Å². The number of aryl methyl sites for hydroxylation is 1. The third-order valence-electron chi connectivity index (χ3n) is 3.27. The van der Waals surface area contributed by atoms with Crippen LogP contribution in [-0.2, 0) is 17.1 Å². The van der Waals surface area contributed by atoms with E-state index in [0.29, 0.717) is 5.39 Å². The van der Waals surface area contributed by atoms with Crippen LogP contribution in [0.15, 0.2) is 67.6 Å². The second-order valence-electron chi connectivity index (χ2n) is 4.90. The molecule has 0 atom stereocenters. The first kappa shape index (κ1) is 15.0. The fourth-order valence-electron chi connectivity index (χ4n) is 2.10. The van der Waals surface area contributed by atoms with Gasteiger partial charge in [-0.2, -0.15) is 0 Å². The second kappa shape index (κ2) is 5.40. The number of nitrogens with zero attached hydrogens (tertiary/aromatic N) is 1. The molecular formula is C15H12N2O5S. The van der Waals surface area contributed by atoms with Crippen molar-refractivity contribution >= 4 is 26.7 Å². The molecule has 118 valence electrons. The van der Waals surface area contributed by atoms with Crippen LogP contribution in [-0.4, -0.2) is 13.0 Å². The Hall–Kier alpha value is -2.87. The highest BCUT2D eigenvalue weighted by molar-refractivity contribution is 7.92. The topological polar surface area (TPSA) is 98.4 Å². The van der Waals surface area contributed by atoms with Crippen molar-refractivity contribution in [3.05, 3.63) is 69.4 Å². The van der Waals surface area contributed by atoms with Gasteiger partial charge in [0.25, 0.3) is 15.6 Å². The molecule has 3 rings (SSSR count). The minimum atomic E-state index is -3.94. The molecule has 3 aromatic rings. The number of fused-ring (bicyclic) bond motifs is 1. The van der Waals surface area contributed by atoms with Gasteiger partial charge < -0.3 is 8.98 Å². The zero-order chi connectivity index (χ0) is 16.6. The summed E-state index contributed by atoms with van der Waals surface area (Å²) in [6.07, 6.45) is 1.53. The SMILES string of the molecule is Cn1cccc(NS(=O)(=O)c2ccc3oc(=O)ccc3c2)c1=O. The van der Waals surface area contributed by atoms with Gasteiger partial charge in [0.15, 0.2) is 0 Å². The van der Waals surface area contributed by atoms with E-state index in [2.05, 4.69) is 4.72 Å². The number of benzene rings is 1. The van der Waals surface area contributed by atoms with E-state index < -0.39 is 21.2 Å². The van der Waals surface area contributed by atoms with Crippen LogP contribution in [0.5, 0.6) is 0 Å². The Morgan fingerprint density at radius 3 is 2.65 bits per heavy atom. The molecule has 23 heavy (non-hydrogen) atoms. The number of pyridine rings is 1. The largest absolute Gasteiger partial charge is 0.423 e. The number of hydrogen-bond donors (Lipinski definition) is 1. The molecule has 1 aromatic carbocycles. The molecule has 2 heterocycles. The highest BCUT2D eigenvalue weighted by Crippen LogP contribution is 2.19. The summed E-state index contributed by atoms with van der Waals surface area (Å²) in [4.78, 5) is 23.0. The molecule has 7 nitrogen and oxygen atoms in total. The molecule has 0 saturated heterocycles. The second-order valence-corrected chi connectivity index (χ2v) is 6.58. The summed E-state index contributed by atoms with van der Waals surface area (Å²) in [5.41, 5.74) is -0.733. The van der Waals surface area contributed by atoms with E-state index in [9.17, 15) is 18.0 Å². The van der Waals surface area contributed by atoms with Gasteiger partial charge >= 0.3 is 5.63 Å². The molecule has 0 radical (unpaired) electrons. The molecule has 8 heteroatoms. The fraction of sp³-hybridized carbons (Fsp3) is 0.0667. The quantitative estimate of drug-likeness (QED) is 0.729. The van der Waals surface area contributed by atoms with Crippen molar-refractivity contribution in [2.45, 2.75) is 4.90 Å². The molecule has 0 unspecified atom stereocenters. The van der Waals surface area contributed by atoms with Gasteiger partial charge in [0.05, 0.1) is 4.90 Å². The fourth-order valence-corrected chi connectivity index (χ4v) is 3.19. The average Bonchev–Trinajstić information content (AvgIpc) is 2.51. The highest BCUT2D eigenvalue weighted by atomic mass is 32.2. The van der Waals surface area contributed by atoms with E-state index in [0.717, 1.165) is 0 Å². The van der Waals surface area contributed by atoms with Crippen molar-refractivity contribution in [3.63, 3.8) is 0 Å². The van der Waals surface area contributed by atoms with Crippen LogP contribution in [0.1, 0.15) is 0 Å². The summed E-state index contributed by atoms with van der Waals surface area (Å²) >= 11 is 0. The highest BCUT2D eigenvalue weighted by Gasteiger charge is 2.17. The first-order valence-corrected chi connectivity index (χ1v) is 8.07. The average molecular weight is 332 g/mol. The summed E-state index contributed by atoms with van der Waals surface area (Å²) < 4.78 is 33.3. The lowest BCUT2D eigenvalue weighted by atomic mass is 10.2. The molecule has 0 amide bonds. The molecule has 0 spiro atoms. The lowest BCUT2D eigenvalue weighted by Crippen LogP contribution is -2.23. The van der Waals surface area contributed by atoms with E-state index in [4.69, 9.17) is 4.42 Å². The standard InChI is InChI=1S/C15H12N2O5S/c1-17-8-2-3-12(15(17)19)16-23(20,21)11-5-6-13-10(9-11)4-7-14(18)22-13/h2-9,16H,1H3. The number of aromatic nitrogens is 1. The van der Waals surface area contributed by atoms with Crippen molar-refractivity contribution in [2.75, 3.05) is 4.72 Å². The smallest absolute Gasteiger partial charge is 0.336 e. The van der Waals surface area contributed by atoms with E-state index in [-0.39, 0.29) is 16.2 Å². The van der Waals surface area contributed by atoms with Crippen LogP contribution in [0.3, 0.4) is 0 Å². The Bertz CT molecular complexity index is 1110. The van der Waals surface area contributed by atoms with Crippen LogP contribution in [0.2, 0.25) is 0 Å². The predicted octanol–water partition coefficient (Wildman–Crippen LogP) is 1.29. The van der Waals surface area contributed by atoms with Gasteiger partial charge in [0, 0.05) is 24.7 Å². The first-order valence-electron chi connectivity index (χ1n) is 6.59. The van der Waals surface area contributed by atoms with Gasteiger partial charge in [-0.15, -0.1) is 0 Å². The van der Waals surface area contributed by atoms with Gasteiger partial charge in [0.1, 0.15) is 11.3 Å². The van der Waals surface area contributed by atoms with Gasteiger partial charge in [-0.1, -0.05) is 0 Å². The van der Waals surface area contributed by atoms with Crippen molar-refractivity contribution in [3.8, 4) is 0 Å². The predicted molar refractivity (Wildman–Crippen MR) is 85.0 cm³/mol. The Labute approximate surface area is 130 Å². The minimum Gasteiger partial charge on any atom is -0.423 e. The number of hydrogen-bond acceptors (Lipinski definition) is 5. The normalized spacial score (nSPS) is 11.5. The van der Waals surface area contributed by atoms with Crippen LogP contribution >= 0.6 is 0 Å². The number of sulfonamides is 1. The van der Waals surface area contributed by atoms with Crippen LogP contribution in [0.4, 0.5) is 5.69 Å². The maximum Gasteiger partial charge on any atom is 0.336 e. The molecular weight excluding hydrogens is 320 g/mol. The minimum absolute atomic E-state index is 0.0373. The van der Waals surface area contributed by atoms with Crippen LogP contribution in [0, 0.1) is 0 Å². The Morgan fingerprint density at radius 2 is 1.87 bits per heavy atom. The van der Waals surface area contributed by atoms with E-state index in [1.807, 2.05) is 0 Å². The van der Waals surface area contributed by atoms with Gasteiger partial charge in [-0.3, -0.25) is 9.52 Å². The third kappa shape index (κ3) is 2.88. The van der Waals surface area contributed by atoms with Gasteiger partial charge in [-0.25, -0.2) is 13.2 Å². The van der Waals surface area contributed by atoms with Crippen molar-refractivity contribution in [1.82, 2.24) is 4.57 Å². The monoisotopic (exact) mass is 332 g/mol. The van der Waals surface area contributed by atoms with Crippen LogP contribution < -0.4 is 15.9 Å². The van der Waals surface area contributed by atoms with E-state index >= 15 is 0 Å². The van der Waals surface area contributed by atoms with Gasteiger partial charge in [-0.05, 0) is 36.4 Å². The Morgan fingerprint density at radius 1 is 1.09 bits per heavy atom. The van der Waals surface area contributed by atoms with Crippen LogP contribution in [0.25, 0.3) is 11.0 Å². The molecule has 0 bridgehead atoms. The number of anilines is 1. The number of nitrogens with one attached hydrogen (secondary N) is 1. The molecule has 0 aliphatic carbocycles. The Balaban J connectivity index is 2.06. The summed E-state index contributed by atoms with van der Waals surface area (Å²) in [7, 11) is -2.41. The lowest BCUT2D eigenvalue weighted by Gasteiger charge is -2.09.